The molecule has 0 fully saturated rings. The van der Waals surface area contributed by atoms with E-state index in [1.807, 2.05) is 0 Å². The van der Waals surface area contributed by atoms with E-state index in [2.05, 4.69) is 4.98 Å². The molecule has 0 aliphatic carbocycles. The number of pyridine rings is 1. The van der Waals surface area contributed by atoms with Gasteiger partial charge in [0.25, 0.3) is 11.7 Å². The van der Waals surface area contributed by atoms with Crippen LogP contribution in [0, 0.1) is 0 Å². The fourth-order valence-corrected chi connectivity index (χ4v) is 2.48. The van der Waals surface area contributed by atoms with Gasteiger partial charge in [-0.25, -0.2) is 4.98 Å². The molecular weight excluding hydrogens is 299 g/mol. The van der Waals surface area contributed by atoms with E-state index in [1.165, 1.54) is 11.0 Å². The Balaban J connectivity index is 1.99. The Hall–Kier alpha value is -1.91. The van der Waals surface area contributed by atoms with Gasteiger partial charge in [-0.1, -0.05) is 29.3 Å². The largest absolute Gasteiger partial charge is 0.299 e. The third-order valence-corrected chi connectivity index (χ3v) is 3.47. The van der Waals surface area contributed by atoms with Crippen LogP contribution >= 0.6 is 23.2 Å². The lowest BCUT2D eigenvalue weighted by molar-refractivity contribution is -0.114. The van der Waals surface area contributed by atoms with Crippen LogP contribution in [0.5, 0.6) is 0 Å². The zero-order valence-corrected chi connectivity index (χ0v) is 11.6. The van der Waals surface area contributed by atoms with E-state index in [4.69, 9.17) is 23.2 Å². The standard InChI is InChI=1S/C14H8Cl2N2O2/c15-8-4-5-11-10(6-8)13(19)14(20)18(11)7-9-2-1-3-12(16)17-9/h1-6H,7H2. The number of halogens is 2. The molecule has 0 spiro atoms. The van der Waals surface area contributed by atoms with Crippen molar-refractivity contribution < 1.29 is 9.59 Å². The molecule has 2 aromatic rings. The van der Waals surface area contributed by atoms with Gasteiger partial charge < -0.3 is 0 Å². The number of carbonyl (C=O) groups excluding carboxylic acids is 2. The number of hydrogen-bond acceptors (Lipinski definition) is 3. The fourth-order valence-electron chi connectivity index (χ4n) is 2.13. The first-order valence-corrected chi connectivity index (χ1v) is 6.59. The Kier molecular flexibility index (Phi) is 3.20. The molecule has 0 bridgehead atoms. The summed E-state index contributed by atoms with van der Waals surface area (Å²) in [5.74, 6) is -1.13. The maximum absolute atomic E-state index is 12.0. The molecule has 1 aromatic carbocycles. The molecule has 0 saturated carbocycles. The molecule has 0 saturated heterocycles. The number of rotatable bonds is 2. The molecule has 0 radical (unpaired) electrons. The minimum atomic E-state index is -0.580. The summed E-state index contributed by atoms with van der Waals surface area (Å²) in [4.78, 5) is 29.5. The van der Waals surface area contributed by atoms with E-state index in [9.17, 15) is 9.59 Å². The maximum atomic E-state index is 12.0. The molecule has 0 N–H and O–H groups in total. The summed E-state index contributed by atoms with van der Waals surface area (Å²) >= 11 is 11.7. The van der Waals surface area contributed by atoms with Crippen molar-refractivity contribution in [3.05, 3.63) is 57.8 Å². The summed E-state index contributed by atoms with van der Waals surface area (Å²) in [6.45, 7) is 0.194. The molecule has 3 rings (SSSR count). The molecule has 4 nitrogen and oxygen atoms in total. The number of aromatic nitrogens is 1. The molecule has 1 amide bonds. The third kappa shape index (κ3) is 2.17. The Morgan fingerprint density at radius 2 is 1.90 bits per heavy atom. The number of ketones is 1. The second-order valence-electron chi connectivity index (χ2n) is 4.33. The maximum Gasteiger partial charge on any atom is 0.299 e. The summed E-state index contributed by atoms with van der Waals surface area (Å²) < 4.78 is 0. The molecule has 1 aliphatic rings. The van der Waals surface area contributed by atoms with Gasteiger partial charge in [-0.3, -0.25) is 14.5 Å². The predicted octanol–water partition coefficient (Wildman–Crippen LogP) is 3.12. The van der Waals surface area contributed by atoms with Crippen molar-refractivity contribution in [2.45, 2.75) is 6.54 Å². The highest BCUT2D eigenvalue weighted by Crippen LogP contribution is 2.32. The molecule has 2 heterocycles. The third-order valence-electron chi connectivity index (χ3n) is 3.03. The van der Waals surface area contributed by atoms with Crippen molar-refractivity contribution in [1.29, 1.82) is 0 Å². The molecule has 6 heteroatoms. The second-order valence-corrected chi connectivity index (χ2v) is 5.16. The van der Waals surface area contributed by atoms with Crippen LogP contribution in [0.25, 0.3) is 0 Å². The summed E-state index contributed by atoms with van der Waals surface area (Å²) in [6.07, 6.45) is 0. The van der Waals surface area contributed by atoms with E-state index in [0.29, 0.717) is 27.1 Å². The minimum Gasteiger partial charge on any atom is -0.299 e. The van der Waals surface area contributed by atoms with Gasteiger partial charge in [-0.15, -0.1) is 0 Å². The molecule has 0 unspecified atom stereocenters. The number of carbonyl (C=O) groups is 2. The van der Waals surface area contributed by atoms with Crippen LogP contribution < -0.4 is 4.90 Å². The number of amides is 1. The lowest BCUT2D eigenvalue weighted by Crippen LogP contribution is -2.29. The van der Waals surface area contributed by atoms with Crippen LogP contribution in [0.2, 0.25) is 10.2 Å². The molecule has 100 valence electrons. The number of benzene rings is 1. The van der Waals surface area contributed by atoms with Crippen molar-refractivity contribution in [3.63, 3.8) is 0 Å². The van der Waals surface area contributed by atoms with Gasteiger partial charge in [0.1, 0.15) is 5.15 Å². The summed E-state index contributed by atoms with van der Waals surface area (Å²) in [5, 5.41) is 0.768. The number of anilines is 1. The predicted molar refractivity (Wildman–Crippen MR) is 76.2 cm³/mol. The van der Waals surface area contributed by atoms with E-state index in [-0.39, 0.29) is 6.54 Å². The minimum absolute atomic E-state index is 0.194. The van der Waals surface area contributed by atoms with E-state index < -0.39 is 11.7 Å². The van der Waals surface area contributed by atoms with Gasteiger partial charge >= 0.3 is 0 Å². The highest BCUT2D eigenvalue weighted by atomic mass is 35.5. The first-order valence-electron chi connectivity index (χ1n) is 5.83. The SMILES string of the molecule is O=C1C(=O)N(Cc2cccc(Cl)n2)c2ccc(Cl)cc21. The van der Waals surface area contributed by atoms with Crippen LogP contribution in [0.15, 0.2) is 36.4 Å². The monoisotopic (exact) mass is 306 g/mol. The molecule has 1 aromatic heterocycles. The average Bonchev–Trinajstić information content (AvgIpc) is 2.64. The second kappa shape index (κ2) is 4.89. The zero-order chi connectivity index (χ0) is 14.3. The highest BCUT2D eigenvalue weighted by molar-refractivity contribution is 6.52. The van der Waals surface area contributed by atoms with Crippen LogP contribution in [-0.2, 0) is 11.3 Å². The zero-order valence-electron chi connectivity index (χ0n) is 10.1. The van der Waals surface area contributed by atoms with Crippen molar-refractivity contribution in [2.75, 3.05) is 4.90 Å². The number of nitrogens with zero attached hydrogens (tertiary/aromatic N) is 2. The quantitative estimate of drug-likeness (QED) is 0.633. The van der Waals surface area contributed by atoms with E-state index >= 15 is 0 Å². The number of fused-ring (bicyclic) bond motifs is 1. The van der Waals surface area contributed by atoms with Crippen LogP contribution in [0.4, 0.5) is 5.69 Å². The highest BCUT2D eigenvalue weighted by Gasteiger charge is 2.36. The average molecular weight is 307 g/mol. The van der Waals surface area contributed by atoms with Gasteiger partial charge in [0.05, 0.1) is 23.5 Å². The van der Waals surface area contributed by atoms with Crippen LogP contribution in [0.1, 0.15) is 16.1 Å². The van der Waals surface area contributed by atoms with Gasteiger partial charge in [0.2, 0.25) is 0 Å². The van der Waals surface area contributed by atoms with E-state index in [0.717, 1.165) is 0 Å². The van der Waals surface area contributed by atoms with Gasteiger partial charge in [-0.2, -0.15) is 0 Å². The Bertz CT molecular complexity index is 731. The molecule has 0 atom stereocenters. The lowest BCUT2D eigenvalue weighted by atomic mass is 10.1. The molecular formula is C14H8Cl2N2O2. The van der Waals surface area contributed by atoms with Crippen molar-refractivity contribution >= 4 is 40.6 Å². The van der Waals surface area contributed by atoms with Crippen molar-refractivity contribution in [3.8, 4) is 0 Å². The fraction of sp³-hybridized carbons (Fsp3) is 0.0714. The summed E-state index contributed by atoms with van der Waals surface area (Å²) in [6, 6.07) is 9.95. The van der Waals surface area contributed by atoms with Crippen molar-refractivity contribution in [1.82, 2.24) is 4.98 Å². The number of Topliss-reactive ketones (excluding diaryl/α,β-unsaturated/α-hetero) is 1. The van der Waals surface area contributed by atoms with Crippen LogP contribution in [0.3, 0.4) is 0 Å². The first kappa shape index (κ1) is 13.1. The van der Waals surface area contributed by atoms with Crippen LogP contribution in [-0.4, -0.2) is 16.7 Å². The van der Waals surface area contributed by atoms with Crippen molar-refractivity contribution in [2.24, 2.45) is 0 Å². The van der Waals surface area contributed by atoms with E-state index in [1.54, 1.807) is 30.3 Å². The van der Waals surface area contributed by atoms with Gasteiger partial charge in [0, 0.05) is 5.02 Å². The first-order chi connectivity index (χ1) is 9.56. The lowest BCUT2D eigenvalue weighted by Gasteiger charge is -2.16. The molecule has 20 heavy (non-hydrogen) atoms. The normalized spacial score (nSPS) is 13.8. The Morgan fingerprint density at radius 1 is 1.10 bits per heavy atom. The number of hydrogen-bond donors (Lipinski definition) is 0. The smallest absolute Gasteiger partial charge is 0.299 e. The molecule has 1 aliphatic heterocycles. The topological polar surface area (TPSA) is 50.3 Å². The Morgan fingerprint density at radius 3 is 2.65 bits per heavy atom. The summed E-state index contributed by atoms with van der Waals surface area (Å²) in [7, 11) is 0. The Labute approximate surface area is 124 Å². The van der Waals surface area contributed by atoms with Gasteiger partial charge in [-0.05, 0) is 30.3 Å². The van der Waals surface area contributed by atoms with Gasteiger partial charge in [0.15, 0.2) is 0 Å². The summed E-state index contributed by atoms with van der Waals surface area (Å²) in [5.41, 5.74) is 1.48.